The zero-order valence-electron chi connectivity index (χ0n) is 18.2. The minimum atomic E-state index is 0.724. The molecule has 6 nitrogen and oxygen atoms in total. The molecule has 0 saturated carbocycles. The van der Waals surface area contributed by atoms with Crippen molar-refractivity contribution in [1.82, 2.24) is 15.1 Å². The molecule has 1 aromatic rings. The molecule has 0 bridgehead atoms. The monoisotopic (exact) mass is 390 g/mol. The van der Waals surface area contributed by atoms with E-state index in [-0.39, 0.29) is 0 Å². The Balaban J connectivity index is 1.70. The Morgan fingerprint density at radius 1 is 1.11 bits per heavy atom. The van der Waals surface area contributed by atoms with Crippen LogP contribution in [0.25, 0.3) is 0 Å². The van der Waals surface area contributed by atoms with Gasteiger partial charge in [-0.05, 0) is 57.5 Å². The van der Waals surface area contributed by atoms with Gasteiger partial charge >= 0.3 is 0 Å². The summed E-state index contributed by atoms with van der Waals surface area (Å²) in [6.07, 6.45) is 7.89. The summed E-state index contributed by atoms with van der Waals surface area (Å²) in [4.78, 5) is 9.16. The van der Waals surface area contributed by atoms with Crippen LogP contribution in [0, 0.1) is 0 Å². The Morgan fingerprint density at radius 3 is 2.57 bits per heavy atom. The highest BCUT2D eigenvalue weighted by atomic mass is 16.5. The van der Waals surface area contributed by atoms with E-state index in [4.69, 9.17) is 9.47 Å². The molecule has 6 heteroatoms. The standard InChI is InChI=1S/C22H38N4O2/c1-23-22(24-13-7-5-8-14-26-15-9-6-10-16-26)25(2)18-19-11-12-20(27-3)17-21(19)28-4/h11-12,17H,5-10,13-16,18H2,1-4H3,(H,23,24). The number of methoxy groups -OCH3 is 2. The molecule has 28 heavy (non-hydrogen) atoms. The molecule has 0 amide bonds. The van der Waals surface area contributed by atoms with Gasteiger partial charge in [-0.3, -0.25) is 4.99 Å². The van der Waals surface area contributed by atoms with Gasteiger partial charge < -0.3 is 24.6 Å². The number of nitrogens with zero attached hydrogens (tertiary/aromatic N) is 3. The van der Waals surface area contributed by atoms with Crippen molar-refractivity contribution in [3.05, 3.63) is 23.8 Å². The molecule has 0 radical (unpaired) electrons. The molecule has 158 valence electrons. The van der Waals surface area contributed by atoms with Crippen molar-refractivity contribution in [2.45, 2.75) is 45.1 Å². The Bertz CT molecular complexity index is 600. The number of nitrogens with one attached hydrogen (secondary N) is 1. The predicted molar refractivity (Wildman–Crippen MR) is 117 cm³/mol. The largest absolute Gasteiger partial charge is 0.497 e. The second-order valence-corrected chi connectivity index (χ2v) is 7.47. The molecule has 1 aliphatic rings. The maximum atomic E-state index is 5.51. The van der Waals surface area contributed by atoms with Crippen LogP contribution in [0.5, 0.6) is 11.5 Å². The number of rotatable bonds is 10. The van der Waals surface area contributed by atoms with Gasteiger partial charge in [-0.15, -0.1) is 0 Å². The molecule has 1 saturated heterocycles. The van der Waals surface area contributed by atoms with Crippen LogP contribution in [0.4, 0.5) is 0 Å². The van der Waals surface area contributed by atoms with Crippen molar-refractivity contribution in [2.75, 3.05) is 54.5 Å². The van der Waals surface area contributed by atoms with E-state index in [0.29, 0.717) is 0 Å². The SMILES string of the molecule is CN=C(NCCCCCN1CCCCC1)N(C)Cc1ccc(OC)cc1OC. The minimum Gasteiger partial charge on any atom is -0.497 e. The Hall–Kier alpha value is -1.95. The lowest BCUT2D eigenvalue weighted by atomic mass is 10.1. The van der Waals surface area contributed by atoms with Crippen molar-refractivity contribution >= 4 is 5.96 Å². The molecular formula is C22H38N4O2. The zero-order valence-corrected chi connectivity index (χ0v) is 18.2. The molecule has 2 rings (SSSR count). The summed E-state index contributed by atoms with van der Waals surface area (Å²) in [6.45, 7) is 5.53. The summed E-state index contributed by atoms with van der Waals surface area (Å²) < 4.78 is 10.8. The number of guanidine groups is 1. The fourth-order valence-electron chi connectivity index (χ4n) is 3.72. The maximum absolute atomic E-state index is 5.51. The average molecular weight is 391 g/mol. The first-order chi connectivity index (χ1) is 13.7. The lowest BCUT2D eigenvalue weighted by Gasteiger charge is -2.26. The highest BCUT2D eigenvalue weighted by Crippen LogP contribution is 2.25. The molecule has 1 heterocycles. The van der Waals surface area contributed by atoms with E-state index in [1.54, 1.807) is 14.2 Å². The molecule has 1 N–H and O–H groups in total. The fourth-order valence-corrected chi connectivity index (χ4v) is 3.72. The number of likely N-dealkylation sites (tertiary alicyclic amines) is 1. The molecule has 1 fully saturated rings. The van der Waals surface area contributed by atoms with Crippen molar-refractivity contribution in [1.29, 1.82) is 0 Å². The summed E-state index contributed by atoms with van der Waals surface area (Å²) >= 11 is 0. The zero-order chi connectivity index (χ0) is 20.2. The van der Waals surface area contributed by atoms with Crippen LogP contribution in [0.3, 0.4) is 0 Å². The number of unbranched alkanes of at least 4 members (excludes halogenated alkanes) is 2. The second kappa shape index (κ2) is 12.5. The van der Waals surface area contributed by atoms with Crippen molar-refractivity contribution in [2.24, 2.45) is 4.99 Å². The Kier molecular flexibility index (Phi) is 9.97. The number of hydrogen-bond acceptors (Lipinski definition) is 4. The van der Waals surface area contributed by atoms with Crippen LogP contribution in [-0.4, -0.2) is 70.3 Å². The van der Waals surface area contributed by atoms with Gasteiger partial charge in [0.05, 0.1) is 14.2 Å². The van der Waals surface area contributed by atoms with E-state index < -0.39 is 0 Å². The lowest BCUT2D eigenvalue weighted by molar-refractivity contribution is 0.224. The summed E-state index contributed by atoms with van der Waals surface area (Å²) in [5.74, 6) is 2.54. The van der Waals surface area contributed by atoms with Crippen LogP contribution in [0.1, 0.15) is 44.1 Å². The number of benzene rings is 1. The molecule has 0 aliphatic carbocycles. The first-order valence-corrected chi connectivity index (χ1v) is 10.5. The van der Waals surface area contributed by atoms with Crippen LogP contribution in [0.15, 0.2) is 23.2 Å². The van der Waals surface area contributed by atoms with Crippen molar-refractivity contribution < 1.29 is 9.47 Å². The molecule has 1 aromatic carbocycles. The molecule has 0 spiro atoms. The van der Waals surface area contributed by atoms with Gasteiger partial charge in [0.15, 0.2) is 5.96 Å². The van der Waals surface area contributed by atoms with Crippen LogP contribution in [-0.2, 0) is 6.54 Å². The van der Waals surface area contributed by atoms with E-state index in [1.807, 2.05) is 25.2 Å². The summed E-state index contributed by atoms with van der Waals surface area (Å²) in [6, 6.07) is 5.92. The van der Waals surface area contributed by atoms with E-state index in [2.05, 4.69) is 27.2 Å². The van der Waals surface area contributed by atoms with Crippen LogP contribution >= 0.6 is 0 Å². The molecular weight excluding hydrogens is 352 g/mol. The Labute approximate surface area is 170 Å². The normalized spacial score (nSPS) is 15.4. The summed E-state index contributed by atoms with van der Waals surface area (Å²) in [7, 11) is 7.24. The van der Waals surface area contributed by atoms with Crippen LogP contribution in [0.2, 0.25) is 0 Å². The van der Waals surface area contributed by atoms with Gasteiger partial charge in [-0.25, -0.2) is 0 Å². The predicted octanol–water partition coefficient (Wildman–Crippen LogP) is 3.37. The van der Waals surface area contributed by atoms with Gasteiger partial charge in [-0.2, -0.15) is 0 Å². The number of aliphatic imine (C=N–C) groups is 1. The van der Waals surface area contributed by atoms with E-state index in [0.717, 1.165) is 36.1 Å². The molecule has 0 unspecified atom stereocenters. The van der Waals surface area contributed by atoms with E-state index >= 15 is 0 Å². The highest BCUT2D eigenvalue weighted by Gasteiger charge is 2.11. The van der Waals surface area contributed by atoms with Crippen molar-refractivity contribution in [3.63, 3.8) is 0 Å². The summed E-state index contributed by atoms with van der Waals surface area (Å²) in [5.41, 5.74) is 1.11. The fraction of sp³-hybridized carbons (Fsp3) is 0.682. The quantitative estimate of drug-likeness (QED) is 0.377. The van der Waals surface area contributed by atoms with Crippen molar-refractivity contribution in [3.8, 4) is 11.5 Å². The van der Waals surface area contributed by atoms with Gasteiger partial charge in [0.1, 0.15) is 11.5 Å². The number of piperidine rings is 1. The third-order valence-corrected chi connectivity index (χ3v) is 5.36. The van der Waals surface area contributed by atoms with E-state index in [9.17, 15) is 0 Å². The van der Waals surface area contributed by atoms with Gasteiger partial charge in [0.25, 0.3) is 0 Å². The first-order valence-electron chi connectivity index (χ1n) is 10.5. The van der Waals surface area contributed by atoms with Gasteiger partial charge in [0.2, 0.25) is 0 Å². The topological polar surface area (TPSA) is 49.3 Å². The highest BCUT2D eigenvalue weighted by molar-refractivity contribution is 5.79. The first kappa shape index (κ1) is 22.3. The minimum absolute atomic E-state index is 0.724. The van der Waals surface area contributed by atoms with Gasteiger partial charge in [0, 0.05) is 38.8 Å². The molecule has 1 aliphatic heterocycles. The third kappa shape index (κ3) is 7.23. The average Bonchev–Trinajstić information content (AvgIpc) is 2.74. The Morgan fingerprint density at radius 2 is 1.89 bits per heavy atom. The number of ether oxygens (including phenoxy) is 2. The van der Waals surface area contributed by atoms with Crippen LogP contribution < -0.4 is 14.8 Å². The second-order valence-electron chi connectivity index (χ2n) is 7.47. The third-order valence-electron chi connectivity index (χ3n) is 5.36. The molecule has 0 atom stereocenters. The van der Waals surface area contributed by atoms with Gasteiger partial charge in [-0.1, -0.05) is 12.8 Å². The number of hydrogen-bond donors (Lipinski definition) is 1. The lowest BCUT2D eigenvalue weighted by Crippen LogP contribution is -2.39. The smallest absolute Gasteiger partial charge is 0.193 e. The maximum Gasteiger partial charge on any atom is 0.193 e. The summed E-state index contributed by atoms with van der Waals surface area (Å²) in [5, 5.41) is 3.48. The molecule has 0 aromatic heterocycles. The van der Waals surface area contributed by atoms with E-state index in [1.165, 1.54) is 58.2 Å².